The Morgan fingerprint density at radius 1 is 1.37 bits per heavy atom. The summed E-state index contributed by atoms with van der Waals surface area (Å²) in [7, 11) is 0. The molecule has 1 saturated heterocycles. The van der Waals surface area contributed by atoms with Gasteiger partial charge in [0, 0.05) is 36.3 Å². The summed E-state index contributed by atoms with van der Waals surface area (Å²) in [5, 5.41) is 0. The van der Waals surface area contributed by atoms with Crippen LogP contribution in [0.5, 0.6) is 0 Å². The molecule has 1 aliphatic rings. The lowest BCUT2D eigenvalue weighted by molar-refractivity contribution is -0.0265. The molecule has 0 aliphatic carbocycles. The fraction of sp³-hybridized carbons (Fsp3) is 0.600. The Hall–Kier alpha value is -0.550. The van der Waals surface area contributed by atoms with Gasteiger partial charge in [-0.15, -0.1) is 11.8 Å². The maximum atomic E-state index is 5.84. The molecule has 1 atom stereocenters. The van der Waals surface area contributed by atoms with Crippen molar-refractivity contribution >= 4 is 11.8 Å². The number of morpholine rings is 1. The van der Waals surface area contributed by atoms with Gasteiger partial charge in [-0.05, 0) is 31.5 Å². The standard InChI is InChI=1S/C15H24N2OS/c1-12(2)17-7-8-18-14(10-17)11-19-15-5-3-13(9-16)4-6-15/h3-6,12,14H,7-11,16H2,1-2H3. The van der Waals surface area contributed by atoms with Gasteiger partial charge in [0.25, 0.3) is 0 Å². The van der Waals surface area contributed by atoms with E-state index < -0.39 is 0 Å². The lowest BCUT2D eigenvalue weighted by Gasteiger charge is -2.35. The van der Waals surface area contributed by atoms with Crippen LogP contribution in [0.1, 0.15) is 19.4 Å². The molecular formula is C15H24N2OS. The van der Waals surface area contributed by atoms with Gasteiger partial charge < -0.3 is 10.5 Å². The Morgan fingerprint density at radius 3 is 2.74 bits per heavy atom. The van der Waals surface area contributed by atoms with Crippen molar-refractivity contribution in [3.63, 3.8) is 0 Å². The van der Waals surface area contributed by atoms with E-state index in [2.05, 4.69) is 43.0 Å². The highest BCUT2D eigenvalue weighted by Crippen LogP contribution is 2.22. The normalized spacial score (nSPS) is 20.9. The Balaban J connectivity index is 1.80. The second kappa shape index (κ2) is 7.29. The Morgan fingerprint density at radius 2 is 2.11 bits per heavy atom. The van der Waals surface area contributed by atoms with Crippen LogP contribution in [0.25, 0.3) is 0 Å². The van der Waals surface area contributed by atoms with Crippen molar-refractivity contribution in [3.05, 3.63) is 29.8 Å². The van der Waals surface area contributed by atoms with Crippen LogP contribution in [0.15, 0.2) is 29.2 Å². The smallest absolute Gasteiger partial charge is 0.0796 e. The van der Waals surface area contributed by atoms with Crippen molar-refractivity contribution in [1.82, 2.24) is 4.90 Å². The Bertz CT molecular complexity index is 380. The highest BCUT2D eigenvalue weighted by molar-refractivity contribution is 7.99. The van der Waals surface area contributed by atoms with Crippen LogP contribution in [0.3, 0.4) is 0 Å². The van der Waals surface area contributed by atoms with Crippen molar-refractivity contribution in [1.29, 1.82) is 0 Å². The zero-order valence-electron chi connectivity index (χ0n) is 11.8. The summed E-state index contributed by atoms with van der Waals surface area (Å²) in [6, 6.07) is 9.11. The molecule has 0 aromatic heterocycles. The van der Waals surface area contributed by atoms with Crippen LogP contribution < -0.4 is 5.73 Å². The molecule has 2 N–H and O–H groups in total. The third-order valence-electron chi connectivity index (χ3n) is 3.50. The topological polar surface area (TPSA) is 38.5 Å². The molecule has 0 spiro atoms. The zero-order valence-corrected chi connectivity index (χ0v) is 12.7. The summed E-state index contributed by atoms with van der Waals surface area (Å²) in [5.41, 5.74) is 6.79. The first-order valence-corrected chi connectivity index (χ1v) is 7.95. The molecule has 0 radical (unpaired) electrons. The van der Waals surface area contributed by atoms with E-state index in [9.17, 15) is 0 Å². The first-order valence-electron chi connectivity index (χ1n) is 6.96. The van der Waals surface area contributed by atoms with Crippen molar-refractivity contribution in [3.8, 4) is 0 Å². The van der Waals surface area contributed by atoms with Gasteiger partial charge in [0.05, 0.1) is 12.7 Å². The summed E-state index contributed by atoms with van der Waals surface area (Å²) < 4.78 is 5.84. The largest absolute Gasteiger partial charge is 0.375 e. The average Bonchev–Trinajstić information content (AvgIpc) is 2.46. The molecule has 106 valence electrons. The van der Waals surface area contributed by atoms with Crippen LogP contribution in [0.2, 0.25) is 0 Å². The lowest BCUT2D eigenvalue weighted by Crippen LogP contribution is -2.46. The van der Waals surface area contributed by atoms with Crippen molar-refractivity contribution in [2.45, 2.75) is 37.4 Å². The molecule has 0 amide bonds. The van der Waals surface area contributed by atoms with E-state index >= 15 is 0 Å². The number of nitrogens with zero attached hydrogens (tertiary/aromatic N) is 1. The van der Waals surface area contributed by atoms with E-state index in [0.717, 1.165) is 25.4 Å². The van der Waals surface area contributed by atoms with Gasteiger partial charge >= 0.3 is 0 Å². The molecule has 1 aromatic carbocycles. The van der Waals surface area contributed by atoms with Gasteiger partial charge in [-0.1, -0.05) is 12.1 Å². The molecule has 1 aliphatic heterocycles. The van der Waals surface area contributed by atoms with Crippen LogP contribution in [0, 0.1) is 0 Å². The Kier molecular flexibility index (Phi) is 5.70. The van der Waals surface area contributed by atoms with Gasteiger partial charge in [-0.2, -0.15) is 0 Å². The van der Waals surface area contributed by atoms with Crippen LogP contribution >= 0.6 is 11.8 Å². The molecule has 1 fully saturated rings. The van der Waals surface area contributed by atoms with E-state index in [1.54, 1.807) is 0 Å². The molecule has 3 nitrogen and oxygen atoms in total. The fourth-order valence-corrected chi connectivity index (χ4v) is 3.13. The molecule has 2 rings (SSSR count). The molecule has 19 heavy (non-hydrogen) atoms. The van der Waals surface area contributed by atoms with Gasteiger partial charge in [-0.25, -0.2) is 0 Å². The maximum Gasteiger partial charge on any atom is 0.0796 e. The predicted molar refractivity (Wildman–Crippen MR) is 81.5 cm³/mol. The first-order chi connectivity index (χ1) is 9.19. The van der Waals surface area contributed by atoms with Gasteiger partial charge in [-0.3, -0.25) is 4.90 Å². The summed E-state index contributed by atoms with van der Waals surface area (Å²) in [4.78, 5) is 3.79. The summed E-state index contributed by atoms with van der Waals surface area (Å²) in [6.07, 6.45) is 0.343. The van der Waals surface area contributed by atoms with Crippen molar-refractivity contribution < 1.29 is 4.74 Å². The summed E-state index contributed by atoms with van der Waals surface area (Å²) in [6.45, 7) is 8.08. The highest BCUT2D eigenvalue weighted by atomic mass is 32.2. The highest BCUT2D eigenvalue weighted by Gasteiger charge is 2.22. The van der Waals surface area contributed by atoms with Gasteiger partial charge in [0.2, 0.25) is 0 Å². The van der Waals surface area contributed by atoms with E-state index in [1.165, 1.54) is 10.5 Å². The first kappa shape index (κ1) is 14.9. The Labute approximate surface area is 120 Å². The van der Waals surface area contributed by atoms with Gasteiger partial charge in [0.15, 0.2) is 0 Å². The number of hydrogen-bond acceptors (Lipinski definition) is 4. The minimum Gasteiger partial charge on any atom is -0.375 e. The van der Waals surface area contributed by atoms with Gasteiger partial charge in [0.1, 0.15) is 0 Å². The predicted octanol–water partition coefficient (Wildman–Crippen LogP) is 2.35. The molecular weight excluding hydrogens is 256 g/mol. The number of rotatable bonds is 5. The molecule has 0 saturated carbocycles. The van der Waals surface area contributed by atoms with E-state index in [1.807, 2.05) is 11.8 Å². The summed E-state index contributed by atoms with van der Waals surface area (Å²) >= 11 is 1.87. The number of hydrogen-bond donors (Lipinski definition) is 1. The van der Waals surface area contributed by atoms with Crippen LogP contribution in [0.4, 0.5) is 0 Å². The molecule has 1 aromatic rings. The second-order valence-corrected chi connectivity index (χ2v) is 6.33. The van der Waals surface area contributed by atoms with E-state index in [0.29, 0.717) is 18.7 Å². The van der Waals surface area contributed by atoms with Crippen LogP contribution in [-0.4, -0.2) is 42.5 Å². The third-order valence-corrected chi connectivity index (χ3v) is 4.64. The van der Waals surface area contributed by atoms with Crippen molar-refractivity contribution in [2.24, 2.45) is 5.73 Å². The zero-order chi connectivity index (χ0) is 13.7. The van der Waals surface area contributed by atoms with E-state index in [-0.39, 0.29) is 0 Å². The maximum absolute atomic E-state index is 5.84. The molecule has 1 heterocycles. The monoisotopic (exact) mass is 280 g/mol. The van der Waals surface area contributed by atoms with Crippen LogP contribution in [-0.2, 0) is 11.3 Å². The second-order valence-electron chi connectivity index (χ2n) is 5.24. The quantitative estimate of drug-likeness (QED) is 0.840. The van der Waals surface area contributed by atoms with Crippen molar-refractivity contribution in [2.75, 3.05) is 25.4 Å². The summed E-state index contributed by atoms with van der Waals surface area (Å²) in [5.74, 6) is 1.02. The molecule has 0 bridgehead atoms. The minimum atomic E-state index is 0.343. The number of ether oxygens (including phenoxy) is 1. The minimum absolute atomic E-state index is 0.343. The lowest BCUT2D eigenvalue weighted by atomic mass is 10.2. The number of nitrogens with two attached hydrogens (primary N) is 1. The molecule has 4 heteroatoms. The third kappa shape index (κ3) is 4.49. The average molecular weight is 280 g/mol. The fourth-order valence-electron chi connectivity index (χ4n) is 2.22. The SMILES string of the molecule is CC(C)N1CCOC(CSc2ccc(CN)cc2)C1. The van der Waals surface area contributed by atoms with E-state index in [4.69, 9.17) is 10.5 Å². The number of thioether (sulfide) groups is 1. The molecule has 1 unspecified atom stereocenters. The number of benzene rings is 1.